The van der Waals surface area contributed by atoms with Crippen molar-refractivity contribution in [3.8, 4) is 12.3 Å². The zero-order valence-electron chi connectivity index (χ0n) is 9.93. The SMILES string of the molecule is C#CCN(C)C(=O)N(CC)CC(C)C(=O)O. The summed E-state index contributed by atoms with van der Waals surface area (Å²) in [6.45, 7) is 4.25. The molecule has 0 aliphatic rings. The second-order valence-electron chi connectivity index (χ2n) is 3.62. The van der Waals surface area contributed by atoms with Crippen LogP contribution in [0.5, 0.6) is 0 Å². The molecule has 1 atom stereocenters. The van der Waals surface area contributed by atoms with Crippen molar-refractivity contribution in [2.45, 2.75) is 13.8 Å². The molecule has 2 amide bonds. The Balaban J connectivity index is 4.44. The molecule has 0 saturated heterocycles. The fraction of sp³-hybridized carbons (Fsp3) is 0.636. The molecule has 5 nitrogen and oxygen atoms in total. The average Bonchev–Trinajstić information content (AvgIpc) is 2.24. The molecule has 0 spiro atoms. The first-order valence-corrected chi connectivity index (χ1v) is 5.10. The van der Waals surface area contributed by atoms with Gasteiger partial charge in [0.15, 0.2) is 0 Å². The van der Waals surface area contributed by atoms with Crippen molar-refractivity contribution in [3.63, 3.8) is 0 Å². The van der Waals surface area contributed by atoms with E-state index in [1.807, 2.05) is 0 Å². The molecule has 16 heavy (non-hydrogen) atoms. The van der Waals surface area contributed by atoms with Gasteiger partial charge in [-0.15, -0.1) is 6.42 Å². The number of hydrogen-bond donors (Lipinski definition) is 1. The number of carboxylic acid groups (broad SMARTS) is 1. The summed E-state index contributed by atoms with van der Waals surface area (Å²) in [5.74, 6) is 0.874. The molecule has 0 aromatic rings. The van der Waals surface area contributed by atoms with Crippen LogP contribution >= 0.6 is 0 Å². The zero-order chi connectivity index (χ0) is 12.7. The summed E-state index contributed by atoms with van der Waals surface area (Å²) in [6.07, 6.45) is 5.10. The Bertz CT molecular complexity index is 296. The van der Waals surface area contributed by atoms with Crippen LogP contribution in [-0.4, -0.2) is 53.6 Å². The third-order valence-electron chi connectivity index (χ3n) is 2.22. The van der Waals surface area contributed by atoms with E-state index in [0.717, 1.165) is 0 Å². The Labute approximate surface area is 96.0 Å². The minimum absolute atomic E-state index is 0.194. The molecular formula is C11H18N2O3. The first-order chi connectivity index (χ1) is 7.43. The van der Waals surface area contributed by atoms with Gasteiger partial charge in [0, 0.05) is 20.1 Å². The predicted molar refractivity (Wildman–Crippen MR) is 60.9 cm³/mol. The Morgan fingerprint density at radius 1 is 1.50 bits per heavy atom. The average molecular weight is 226 g/mol. The van der Waals surface area contributed by atoms with Gasteiger partial charge in [-0.2, -0.15) is 0 Å². The van der Waals surface area contributed by atoms with Crippen LogP contribution < -0.4 is 0 Å². The van der Waals surface area contributed by atoms with Gasteiger partial charge in [-0.25, -0.2) is 4.79 Å². The summed E-state index contributed by atoms with van der Waals surface area (Å²) < 4.78 is 0. The van der Waals surface area contributed by atoms with E-state index in [1.165, 1.54) is 9.80 Å². The minimum Gasteiger partial charge on any atom is -0.481 e. The molecule has 0 rings (SSSR count). The summed E-state index contributed by atoms with van der Waals surface area (Å²) in [4.78, 5) is 25.3. The molecule has 1 unspecified atom stereocenters. The lowest BCUT2D eigenvalue weighted by Gasteiger charge is -2.27. The van der Waals surface area contributed by atoms with E-state index < -0.39 is 11.9 Å². The zero-order valence-corrected chi connectivity index (χ0v) is 9.93. The Morgan fingerprint density at radius 2 is 2.06 bits per heavy atom. The number of nitrogens with zero attached hydrogens (tertiary/aromatic N) is 2. The lowest BCUT2D eigenvalue weighted by atomic mass is 10.2. The molecule has 0 aromatic carbocycles. The van der Waals surface area contributed by atoms with Crippen molar-refractivity contribution < 1.29 is 14.7 Å². The maximum absolute atomic E-state index is 11.8. The van der Waals surface area contributed by atoms with Crippen molar-refractivity contribution in [1.82, 2.24) is 9.80 Å². The summed E-state index contributed by atoms with van der Waals surface area (Å²) in [5.41, 5.74) is 0. The first kappa shape index (κ1) is 14.3. The number of carbonyl (C=O) groups is 2. The largest absolute Gasteiger partial charge is 0.481 e. The third kappa shape index (κ3) is 4.22. The van der Waals surface area contributed by atoms with E-state index in [1.54, 1.807) is 20.9 Å². The van der Waals surface area contributed by atoms with Crippen molar-refractivity contribution >= 4 is 12.0 Å². The monoisotopic (exact) mass is 226 g/mol. The molecule has 0 fully saturated rings. The first-order valence-electron chi connectivity index (χ1n) is 5.10. The maximum Gasteiger partial charge on any atom is 0.320 e. The second kappa shape index (κ2) is 6.72. The second-order valence-corrected chi connectivity index (χ2v) is 3.62. The van der Waals surface area contributed by atoms with Gasteiger partial charge < -0.3 is 14.9 Å². The number of carbonyl (C=O) groups excluding carboxylic acids is 1. The van der Waals surface area contributed by atoms with Crippen LogP contribution in [0.25, 0.3) is 0 Å². The van der Waals surface area contributed by atoms with E-state index in [0.29, 0.717) is 6.54 Å². The van der Waals surface area contributed by atoms with Gasteiger partial charge in [0.1, 0.15) is 0 Å². The van der Waals surface area contributed by atoms with E-state index in [4.69, 9.17) is 11.5 Å². The minimum atomic E-state index is -0.911. The van der Waals surface area contributed by atoms with Crippen molar-refractivity contribution in [3.05, 3.63) is 0 Å². The smallest absolute Gasteiger partial charge is 0.320 e. The van der Waals surface area contributed by atoms with Gasteiger partial charge in [0.05, 0.1) is 12.5 Å². The van der Waals surface area contributed by atoms with Crippen LogP contribution in [-0.2, 0) is 4.79 Å². The molecule has 0 saturated carbocycles. The van der Waals surface area contributed by atoms with Crippen molar-refractivity contribution in [2.24, 2.45) is 5.92 Å². The van der Waals surface area contributed by atoms with E-state index >= 15 is 0 Å². The Hall–Kier alpha value is -1.70. The normalized spacial score (nSPS) is 11.4. The summed E-state index contributed by atoms with van der Waals surface area (Å²) in [5, 5.41) is 8.77. The topological polar surface area (TPSA) is 60.9 Å². The van der Waals surface area contributed by atoms with Crippen molar-refractivity contribution in [1.29, 1.82) is 0 Å². The summed E-state index contributed by atoms with van der Waals surface area (Å²) in [6, 6.07) is -0.242. The predicted octanol–water partition coefficient (Wildman–Crippen LogP) is 0.714. The van der Waals surface area contributed by atoms with E-state index in [2.05, 4.69) is 5.92 Å². The van der Waals surface area contributed by atoms with E-state index in [9.17, 15) is 9.59 Å². The van der Waals surface area contributed by atoms with Gasteiger partial charge in [-0.3, -0.25) is 4.79 Å². The maximum atomic E-state index is 11.8. The van der Waals surface area contributed by atoms with Gasteiger partial charge in [0.2, 0.25) is 0 Å². The molecular weight excluding hydrogens is 208 g/mol. The lowest BCUT2D eigenvalue weighted by molar-refractivity contribution is -0.141. The van der Waals surface area contributed by atoms with Crippen LogP contribution in [0.15, 0.2) is 0 Å². The fourth-order valence-electron chi connectivity index (χ4n) is 1.20. The molecule has 0 radical (unpaired) electrons. The number of aliphatic carboxylic acids is 1. The molecule has 1 N–H and O–H groups in total. The van der Waals surface area contributed by atoms with Crippen LogP contribution in [0.3, 0.4) is 0 Å². The number of urea groups is 1. The third-order valence-corrected chi connectivity index (χ3v) is 2.22. The fourth-order valence-corrected chi connectivity index (χ4v) is 1.20. The van der Waals surface area contributed by atoms with Crippen molar-refractivity contribution in [2.75, 3.05) is 26.7 Å². The molecule has 0 bridgehead atoms. The molecule has 90 valence electrons. The number of rotatable bonds is 5. The summed E-state index contributed by atoms with van der Waals surface area (Å²) >= 11 is 0. The number of terminal acetylenes is 1. The highest BCUT2D eigenvalue weighted by molar-refractivity contribution is 5.76. The van der Waals surface area contributed by atoms with Crippen LogP contribution in [0.1, 0.15) is 13.8 Å². The number of amides is 2. The van der Waals surface area contributed by atoms with Crippen LogP contribution in [0.2, 0.25) is 0 Å². The van der Waals surface area contributed by atoms with Crippen LogP contribution in [0, 0.1) is 18.3 Å². The molecule has 0 aliphatic heterocycles. The molecule has 5 heteroatoms. The van der Waals surface area contributed by atoms with Gasteiger partial charge in [-0.1, -0.05) is 12.8 Å². The number of carboxylic acids is 1. The lowest BCUT2D eigenvalue weighted by Crippen LogP contribution is -2.44. The molecule has 0 aromatic heterocycles. The highest BCUT2D eigenvalue weighted by Crippen LogP contribution is 2.03. The summed E-state index contributed by atoms with van der Waals surface area (Å²) in [7, 11) is 1.59. The van der Waals surface area contributed by atoms with Gasteiger partial charge in [-0.05, 0) is 6.92 Å². The quantitative estimate of drug-likeness (QED) is 0.702. The Morgan fingerprint density at radius 3 is 2.44 bits per heavy atom. The Kier molecular flexibility index (Phi) is 6.01. The highest BCUT2D eigenvalue weighted by atomic mass is 16.4. The molecule has 0 heterocycles. The van der Waals surface area contributed by atoms with Gasteiger partial charge >= 0.3 is 12.0 Å². The highest BCUT2D eigenvalue weighted by Gasteiger charge is 2.21. The van der Waals surface area contributed by atoms with Crippen LogP contribution in [0.4, 0.5) is 4.79 Å². The van der Waals surface area contributed by atoms with Gasteiger partial charge in [0.25, 0.3) is 0 Å². The standard InChI is InChI=1S/C11H18N2O3/c1-5-7-12(4)11(16)13(6-2)8-9(3)10(14)15/h1,9H,6-8H2,2-4H3,(H,14,15). The number of hydrogen-bond acceptors (Lipinski definition) is 2. The molecule has 0 aliphatic carbocycles. The van der Waals surface area contributed by atoms with E-state index in [-0.39, 0.29) is 19.1 Å².